The minimum atomic E-state index is -0.433. The number of Topliss-reactive ketones (excluding diaryl/α,β-unsaturated/α-hetero) is 1. The summed E-state index contributed by atoms with van der Waals surface area (Å²) in [5.74, 6) is 0.179. The molecule has 14 heavy (non-hydrogen) atoms. The van der Waals surface area contributed by atoms with Gasteiger partial charge in [-0.2, -0.15) is 0 Å². The smallest absolute Gasteiger partial charge is 0.407 e. The van der Waals surface area contributed by atoms with Gasteiger partial charge in [-0.3, -0.25) is 4.79 Å². The van der Waals surface area contributed by atoms with Crippen molar-refractivity contribution in [3.05, 3.63) is 0 Å². The molecule has 1 aliphatic carbocycles. The quantitative estimate of drug-likeness (QED) is 0.698. The molecule has 0 saturated heterocycles. The molecule has 1 fully saturated rings. The molecule has 0 aromatic rings. The van der Waals surface area contributed by atoms with Crippen LogP contribution in [0.15, 0.2) is 0 Å². The number of hydrogen-bond donors (Lipinski definition) is 1. The fraction of sp³-hybridized carbons (Fsp3) is 0.800. The van der Waals surface area contributed by atoms with E-state index in [-0.39, 0.29) is 17.4 Å². The summed E-state index contributed by atoms with van der Waals surface area (Å²) in [5.41, 5.74) is -0.292. The van der Waals surface area contributed by atoms with E-state index < -0.39 is 6.09 Å². The van der Waals surface area contributed by atoms with Crippen molar-refractivity contribution in [3.8, 4) is 0 Å². The first kappa shape index (κ1) is 11.0. The standard InChI is InChI=1S/C10H17NO3/c1-10(2,3)11-9(13)14-8-5-4-7(12)6-8/h8H,4-6H2,1-3H3,(H,11,13). The largest absolute Gasteiger partial charge is 0.446 e. The number of amides is 1. The van der Waals surface area contributed by atoms with E-state index in [1.165, 1.54) is 0 Å². The summed E-state index contributed by atoms with van der Waals surface area (Å²) in [6, 6.07) is 0. The molecule has 1 aliphatic rings. The molecule has 1 unspecified atom stereocenters. The van der Waals surface area contributed by atoms with Gasteiger partial charge in [0, 0.05) is 18.4 Å². The van der Waals surface area contributed by atoms with Crippen LogP contribution in [0.3, 0.4) is 0 Å². The maximum Gasteiger partial charge on any atom is 0.407 e. The van der Waals surface area contributed by atoms with Gasteiger partial charge in [0.25, 0.3) is 0 Å². The van der Waals surface area contributed by atoms with E-state index in [0.717, 1.165) is 0 Å². The highest BCUT2D eigenvalue weighted by molar-refractivity contribution is 5.81. The first-order chi connectivity index (χ1) is 6.37. The third-order valence-electron chi connectivity index (χ3n) is 1.95. The Morgan fingerprint density at radius 2 is 2.14 bits per heavy atom. The minimum Gasteiger partial charge on any atom is -0.446 e. The van der Waals surface area contributed by atoms with Crippen LogP contribution in [0.2, 0.25) is 0 Å². The van der Waals surface area contributed by atoms with Crippen LogP contribution >= 0.6 is 0 Å². The van der Waals surface area contributed by atoms with E-state index in [2.05, 4.69) is 5.32 Å². The third-order valence-corrected chi connectivity index (χ3v) is 1.95. The first-order valence-electron chi connectivity index (χ1n) is 4.87. The van der Waals surface area contributed by atoms with Crippen LogP contribution in [-0.2, 0) is 9.53 Å². The van der Waals surface area contributed by atoms with Crippen molar-refractivity contribution in [2.24, 2.45) is 0 Å². The fourth-order valence-corrected chi connectivity index (χ4v) is 1.37. The van der Waals surface area contributed by atoms with Gasteiger partial charge < -0.3 is 10.1 Å². The summed E-state index contributed by atoms with van der Waals surface area (Å²) in [6.45, 7) is 5.65. The van der Waals surface area contributed by atoms with Gasteiger partial charge in [-0.15, -0.1) is 0 Å². The van der Waals surface area contributed by atoms with Crippen LogP contribution in [-0.4, -0.2) is 23.5 Å². The Bertz CT molecular complexity index is 242. The number of nitrogens with one attached hydrogen (secondary N) is 1. The lowest BCUT2D eigenvalue weighted by Crippen LogP contribution is -2.42. The molecule has 4 heteroatoms. The molecule has 0 heterocycles. The van der Waals surface area contributed by atoms with E-state index in [0.29, 0.717) is 19.3 Å². The molecule has 1 saturated carbocycles. The second-order valence-corrected chi connectivity index (χ2v) is 4.68. The summed E-state index contributed by atoms with van der Waals surface area (Å²) in [6.07, 6.45) is 0.920. The van der Waals surface area contributed by atoms with Gasteiger partial charge in [-0.25, -0.2) is 4.79 Å². The van der Waals surface area contributed by atoms with Gasteiger partial charge in [-0.05, 0) is 27.2 Å². The van der Waals surface area contributed by atoms with Crippen molar-refractivity contribution in [2.45, 2.75) is 51.7 Å². The Hall–Kier alpha value is -1.06. The maximum absolute atomic E-state index is 11.3. The molecule has 1 atom stereocenters. The number of carbonyl (C=O) groups excluding carboxylic acids is 2. The predicted octanol–water partition coefficient (Wildman–Crippen LogP) is 1.63. The normalized spacial score (nSPS) is 22.2. The molecule has 1 rings (SSSR count). The summed E-state index contributed by atoms with van der Waals surface area (Å²) in [4.78, 5) is 22.2. The van der Waals surface area contributed by atoms with E-state index in [1.54, 1.807) is 0 Å². The second-order valence-electron chi connectivity index (χ2n) is 4.68. The number of ketones is 1. The Morgan fingerprint density at radius 1 is 1.50 bits per heavy atom. The number of hydrogen-bond acceptors (Lipinski definition) is 3. The van der Waals surface area contributed by atoms with Crippen molar-refractivity contribution in [2.75, 3.05) is 0 Å². The monoisotopic (exact) mass is 199 g/mol. The summed E-state index contributed by atoms with van der Waals surface area (Å²) in [7, 11) is 0. The Balaban J connectivity index is 2.31. The molecule has 1 amide bonds. The Kier molecular flexibility index (Phi) is 3.13. The molecule has 1 N–H and O–H groups in total. The highest BCUT2D eigenvalue weighted by atomic mass is 16.6. The average Bonchev–Trinajstić information content (AvgIpc) is 2.30. The van der Waals surface area contributed by atoms with Crippen LogP contribution in [0.4, 0.5) is 4.79 Å². The zero-order chi connectivity index (χ0) is 10.8. The molecule has 4 nitrogen and oxygen atoms in total. The van der Waals surface area contributed by atoms with Crippen molar-refractivity contribution in [1.29, 1.82) is 0 Å². The number of carbonyl (C=O) groups is 2. The molecular formula is C10H17NO3. The predicted molar refractivity (Wildman–Crippen MR) is 52.0 cm³/mol. The molecule has 0 radical (unpaired) electrons. The lowest BCUT2D eigenvalue weighted by atomic mass is 10.1. The first-order valence-corrected chi connectivity index (χ1v) is 4.87. The highest BCUT2D eigenvalue weighted by Gasteiger charge is 2.26. The van der Waals surface area contributed by atoms with E-state index in [4.69, 9.17) is 4.74 Å². The molecule has 0 aliphatic heterocycles. The minimum absolute atomic E-state index is 0.179. The number of alkyl carbamates (subject to hydrolysis) is 1. The Morgan fingerprint density at radius 3 is 2.57 bits per heavy atom. The number of rotatable bonds is 1. The molecule has 0 bridgehead atoms. The van der Waals surface area contributed by atoms with Gasteiger partial charge >= 0.3 is 6.09 Å². The van der Waals surface area contributed by atoms with Crippen LogP contribution in [0.1, 0.15) is 40.0 Å². The van der Waals surface area contributed by atoms with Crippen LogP contribution in [0.25, 0.3) is 0 Å². The van der Waals surface area contributed by atoms with Crippen molar-refractivity contribution >= 4 is 11.9 Å². The van der Waals surface area contributed by atoms with Crippen LogP contribution in [0, 0.1) is 0 Å². The summed E-state index contributed by atoms with van der Waals surface area (Å²) in [5, 5.41) is 2.69. The van der Waals surface area contributed by atoms with Crippen LogP contribution in [0.5, 0.6) is 0 Å². The molecule has 80 valence electrons. The summed E-state index contributed by atoms with van der Waals surface area (Å²) < 4.78 is 5.09. The molecule has 0 spiro atoms. The van der Waals surface area contributed by atoms with Crippen molar-refractivity contribution < 1.29 is 14.3 Å². The zero-order valence-electron chi connectivity index (χ0n) is 8.92. The number of ether oxygens (including phenoxy) is 1. The maximum atomic E-state index is 11.3. The molecule has 0 aromatic carbocycles. The highest BCUT2D eigenvalue weighted by Crippen LogP contribution is 2.18. The lowest BCUT2D eigenvalue weighted by Gasteiger charge is -2.21. The second kappa shape index (κ2) is 3.98. The van der Waals surface area contributed by atoms with E-state index in [1.807, 2.05) is 20.8 Å². The van der Waals surface area contributed by atoms with Gasteiger partial charge in [0.1, 0.15) is 11.9 Å². The van der Waals surface area contributed by atoms with Crippen molar-refractivity contribution in [3.63, 3.8) is 0 Å². The van der Waals surface area contributed by atoms with Gasteiger partial charge in [0.2, 0.25) is 0 Å². The van der Waals surface area contributed by atoms with E-state index >= 15 is 0 Å². The molecular weight excluding hydrogens is 182 g/mol. The van der Waals surface area contributed by atoms with Gasteiger partial charge in [0.05, 0.1) is 0 Å². The Labute approximate surface area is 84.0 Å². The topological polar surface area (TPSA) is 55.4 Å². The fourth-order valence-electron chi connectivity index (χ4n) is 1.37. The lowest BCUT2D eigenvalue weighted by molar-refractivity contribution is -0.117. The van der Waals surface area contributed by atoms with Crippen LogP contribution < -0.4 is 5.32 Å². The van der Waals surface area contributed by atoms with E-state index in [9.17, 15) is 9.59 Å². The summed E-state index contributed by atoms with van der Waals surface area (Å²) >= 11 is 0. The van der Waals surface area contributed by atoms with Gasteiger partial charge in [-0.1, -0.05) is 0 Å². The molecule has 0 aromatic heterocycles. The zero-order valence-corrected chi connectivity index (χ0v) is 8.92. The third kappa shape index (κ3) is 3.77. The average molecular weight is 199 g/mol. The van der Waals surface area contributed by atoms with Crippen molar-refractivity contribution in [1.82, 2.24) is 5.32 Å². The SMILES string of the molecule is CC(C)(C)NC(=O)OC1CCC(=O)C1. The van der Waals surface area contributed by atoms with Gasteiger partial charge in [0.15, 0.2) is 0 Å².